The number of aryl methyl sites for hydroxylation is 1. The second-order valence-corrected chi connectivity index (χ2v) is 4.81. The van der Waals surface area contributed by atoms with Gasteiger partial charge in [0.25, 0.3) is 5.91 Å². The first kappa shape index (κ1) is 12.6. The van der Waals surface area contributed by atoms with E-state index < -0.39 is 0 Å². The Morgan fingerprint density at radius 1 is 1.33 bits per heavy atom. The molecule has 1 aromatic carbocycles. The van der Waals surface area contributed by atoms with Gasteiger partial charge in [-0.15, -0.1) is 11.3 Å². The van der Waals surface area contributed by atoms with Crippen molar-refractivity contribution >= 4 is 22.4 Å². The van der Waals surface area contributed by atoms with E-state index in [0.717, 1.165) is 12.0 Å². The number of benzene rings is 1. The van der Waals surface area contributed by atoms with Gasteiger partial charge in [-0.1, -0.05) is 31.2 Å². The van der Waals surface area contributed by atoms with Crippen molar-refractivity contribution in [1.82, 2.24) is 10.3 Å². The van der Waals surface area contributed by atoms with Crippen molar-refractivity contribution in [3.63, 3.8) is 0 Å². The van der Waals surface area contributed by atoms with Gasteiger partial charge in [0.2, 0.25) is 0 Å². The number of thiazole rings is 1. The molecule has 0 radical (unpaired) electrons. The fourth-order valence-electron chi connectivity index (χ4n) is 1.56. The molecule has 2 rings (SSSR count). The SMILES string of the molecule is CCc1ccc(CNC(=O)c2csc(N)n2)cc1. The minimum Gasteiger partial charge on any atom is -0.375 e. The number of nitrogens with two attached hydrogens (primary N) is 1. The van der Waals surface area contributed by atoms with Gasteiger partial charge in [0.05, 0.1) is 0 Å². The van der Waals surface area contributed by atoms with E-state index in [1.54, 1.807) is 5.38 Å². The van der Waals surface area contributed by atoms with E-state index in [0.29, 0.717) is 17.4 Å². The number of nitrogens with zero attached hydrogens (tertiary/aromatic N) is 1. The van der Waals surface area contributed by atoms with Crippen LogP contribution in [0.25, 0.3) is 0 Å². The highest BCUT2D eigenvalue weighted by Gasteiger charge is 2.08. The molecule has 3 N–H and O–H groups in total. The van der Waals surface area contributed by atoms with Crippen LogP contribution in [0.1, 0.15) is 28.5 Å². The Balaban J connectivity index is 1.92. The maximum Gasteiger partial charge on any atom is 0.271 e. The van der Waals surface area contributed by atoms with Gasteiger partial charge >= 0.3 is 0 Å². The molecule has 0 saturated heterocycles. The Hall–Kier alpha value is -1.88. The van der Waals surface area contributed by atoms with Crippen LogP contribution in [0, 0.1) is 0 Å². The molecule has 4 nitrogen and oxygen atoms in total. The molecule has 0 atom stereocenters. The first-order valence-electron chi connectivity index (χ1n) is 5.76. The summed E-state index contributed by atoms with van der Waals surface area (Å²) in [5.41, 5.74) is 8.22. The summed E-state index contributed by atoms with van der Waals surface area (Å²) in [6.45, 7) is 2.61. The highest BCUT2D eigenvalue weighted by molar-refractivity contribution is 7.13. The zero-order chi connectivity index (χ0) is 13.0. The summed E-state index contributed by atoms with van der Waals surface area (Å²) in [5.74, 6) is -0.192. The number of nitrogen functional groups attached to an aromatic ring is 1. The van der Waals surface area contributed by atoms with Crippen molar-refractivity contribution < 1.29 is 4.79 Å². The third-order valence-corrected chi connectivity index (χ3v) is 3.31. The fourth-order valence-corrected chi connectivity index (χ4v) is 2.10. The minimum atomic E-state index is -0.192. The molecule has 1 heterocycles. The van der Waals surface area contributed by atoms with Crippen LogP contribution in [-0.4, -0.2) is 10.9 Å². The van der Waals surface area contributed by atoms with Gasteiger partial charge < -0.3 is 11.1 Å². The van der Waals surface area contributed by atoms with Crippen molar-refractivity contribution in [3.8, 4) is 0 Å². The van der Waals surface area contributed by atoms with Gasteiger partial charge in [-0.25, -0.2) is 4.98 Å². The van der Waals surface area contributed by atoms with Crippen LogP contribution in [0.15, 0.2) is 29.6 Å². The fraction of sp³-hybridized carbons (Fsp3) is 0.231. The van der Waals surface area contributed by atoms with Gasteiger partial charge in [-0.3, -0.25) is 4.79 Å². The number of carbonyl (C=O) groups is 1. The van der Waals surface area contributed by atoms with E-state index in [9.17, 15) is 4.79 Å². The number of amides is 1. The third-order valence-electron chi connectivity index (χ3n) is 2.64. The van der Waals surface area contributed by atoms with E-state index in [1.807, 2.05) is 12.1 Å². The maximum absolute atomic E-state index is 11.7. The van der Waals surface area contributed by atoms with E-state index in [1.165, 1.54) is 16.9 Å². The summed E-state index contributed by atoms with van der Waals surface area (Å²) in [5, 5.41) is 4.88. The Morgan fingerprint density at radius 3 is 2.56 bits per heavy atom. The van der Waals surface area contributed by atoms with E-state index in [2.05, 4.69) is 29.4 Å². The van der Waals surface area contributed by atoms with Crippen LogP contribution in [0.4, 0.5) is 5.13 Å². The molecule has 5 heteroatoms. The first-order valence-corrected chi connectivity index (χ1v) is 6.64. The average Bonchev–Trinajstić information content (AvgIpc) is 2.83. The van der Waals surface area contributed by atoms with Gasteiger partial charge in [-0.05, 0) is 17.5 Å². The Kier molecular flexibility index (Phi) is 3.94. The van der Waals surface area contributed by atoms with Crippen LogP contribution < -0.4 is 11.1 Å². The first-order chi connectivity index (χ1) is 8.69. The third kappa shape index (κ3) is 3.07. The van der Waals surface area contributed by atoms with Gasteiger partial charge in [0.1, 0.15) is 5.69 Å². The smallest absolute Gasteiger partial charge is 0.271 e. The normalized spacial score (nSPS) is 10.3. The monoisotopic (exact) mass is 261 g/mol. The molecule has 0 saturated carbocycles. The molecule has 0 aliphatic rings. The highest BCUT2D eigenvalue weighted by Crippen LogP contribution is 2.11. The summed E-state index contributed by atoms with van der Waals surface area (Å²) < 4.78 is 0. The topological polar surface area (TPSA) is 68.0 Å². The number of nitrogens with one attached hydrogen (secondary N) is 1. The lowest BCUT2D eigenvalue weighted by molar-refractivity contribution is 0.0946. The van der Waals surface area contributed by atoms with Crippen molar-refractivity contribution in [2.45, 2.75) is 19.9 Å². The summed E-state index contributed by atoms with van der Waals surface area (Å²) in [6.07, 6.45) is 1.02. The number of hydrogen-bond donors (Lipinski definition) is 2. The summed E-state index contributed by atoms with van der Waals surface area (Å²) in [7, 11) is 0. The van der Waals surface area contributed by atoms with Crippen LogP contribution in [0.2, 0.25) is 0 Å². The molecule has 2 aromatic rings. The second-order valence-electron chi connectivity index (χ2n) is 3.92. The largest absolute Gasteiger partial charge is 0.375 e. The number of rotatable bonds is 4. The summed E-state index contributed by atoms with van der Waals surface area (Å²) >= 11 is 1.27. The molecule has 0 aliphatic carbocycles. The zero-order valence-electron chi connectivity index (χ0n) is 10.1. The number of carbonyl (C=O) groups excluding carboxylic acids is 1. The molecule has 18 heavy (non-hydrogen) atoms. The van der Waals surface area contributed by atoms with Crippen molar-refractivity contribution in [2.75, 3.05) is 5.73 Å². The predicted molar refractivity (Wildman–Crippen MR) is 73.5 cm³/mol. The summed E-state index contributed by atoms with van der Waals surface area (Å²) in [4.78, 5) is 15.7. The summed E-state index contributed by atoms with van der Waals surface area (Å²) in [6, 6.07) is 8.19. The van der Waals surface area contributed by atoms with E-state index >= 15 is 0 Å². The van der Waals surface area contributed by atoms with Gasteiger partial charge in [0.15, 0.2) is 5.13 Å². The second kappa shape index (κ2) is 5.64. The van der Waals surface area contributed by atoms with Crippen LogP contribution in [0.3, 0.4) is 0 Å². The highest BCUT2D eigenvalue weighted by atomic mass is 32.1. The maximum atomic E-state index is 11.7. The van der Waals surface area contributed by atoms with Crippen LogP contribution in [-0.2, 0) is 13.0 Å². The van der Waals surface area contributed by atoms with Crippen LogP contribution >= 0.6 is 11.3 Å². The Labute approximate surface area is 110 Å². The number of anilines is 1. The minimum absolute atomic E-state index is 0.192. The quantitative estimate of drug-likeness (QED) is 0.886. The average molecular weight is 261 g/mol. The molecule has 0 bridgehead atoms. The molecule has 0 unspecified atom stereocenters. The number of aromatic nitrogens is 1. The van der Waals surface area contributed by atoms with Gasteiger partial charge in [0, 0.05) is 11.9 Å². The molecule has 1 amide bonds. The molecule has 1 aromatic heterocycles. The van der Waals surface area contributed by atoms with Crippen molar-refractivity contribution in [1.29, 1.82) is 0 Å². The zero-order valence-corrected chi connectivity index (χ0v) is 11.0. The van der Waals surface area contributed by atoms with Crippen LogP contribution in [0.5, 0.6) is 0 Å². The molecule has 0 aliphatic heterocycles. The van der Waals surface area contributed by atoms with E-state index in [4.69, 9.17) is 5.73 Å². The van der Waals surface area contributed by atoms with Gasteiger partial charge in [-0.2, -0.15) is 0 Å². The molecule has 0 spiro atoms. The molecule has 94 valence electrons. The Bertz CT molecular complexity index is 533. The van der Waals surface area contributed by atoms with E-state index in [-0.39, 0.29) is 5.91 Å². The lowest BCUT2D eigenvalue weighted by atomic mass is 10.1. The predicted octanol–water partition coefficient (Wildman–Crippen LogP) is 2.22. The molecular formula is C13H15N3OS. The number of hydrogen-bond acceptors (Lipinski definition) is 4. The molecule has 0 fully saturated rings. The Morgan fingerprint density at radius 2 is 2.00 bits per heavy atom. The lowest BCUT2D eigenvalue weighted by Crippen LogP contribution is -2.23. The van der Waals surface area contributed by atoms with Crippen molar-refractivity contribution in [2.24, 2.45) is 0 Å². The lowest BCUT2D eigenvalue weighted by Gasteiger charge is -2.04. The van der Waals surface area contributed by atoms with Crippen molar-refractivity contribution in [3.05, 3.63) is 46.5 Å². The molecular weight excluding hydrogens is 246 g/mol. The standard InChI is InChI=1S/C13H15N3OS/c1-2-9-3-5-10(6-4-9)7-15-12(17)11-8-18-13(14)16-11/h3-6,8H,2,7H2,1H3,(H2,14,16)(H,15,17).